The van der Waals surface area contributed by atoms with Crippen LogP contribution in [-0.4, -0.2) is 21.2 Å². The van der Waals surface area contributed by atoms with E-state index in [1.165, 1.54) is 0 Å². The van der Waals surface area contributed by atoms with Crippen molar-refractivity contribution >= 4 is 8.38 Å². The number of hydrogen-bond donors (Lipinski definition) is 3. The van der Waals surface area contributed by atoms with E-state index >= 15 is 0 Å². The van der Waals surface area contributed by atoms with Crippen LogP contribution in [0, 0.1) is 0 Å². The van der Waals surface area contributed by atoms with Gasteiger partial charge in [0.2, 0.25) is 0 Å². The SMILES string of the molecule is OCP(O)O. The molecule has 0 unspecified atom stereocenters. The molecule has 4 heteroatoms. The largest absolute Gasteiger partial charge is 0.387 e. The van der Waals surface area contributed by atoms with Gasteiger partial charge in [-0.25, -0.2) is 0 Å². The molecule has 0 aliphatic heterocycles. The van der Waals surface area contributed by atoms with Gasteiger partial charge in [0.25, 0.3) is 0 Å². The van der Waals surface area contributed by atoms with Gasteiger partial charge in [-0.2, -0.15) is 0 Å². The van der Waals surface area contributed by atoms with Crippen molar-refractivity contribution < 1.29 is 14.9 Å². The Labute approximate surface area is 30.8 Å². The highest BCUT2D eigenvalue weighted by Gasteiger charge is 1.86. The standard InChI is InChI=1S/CH5O3P/c2-1-5(3)4/h2-4H,1H2. The molecule has 3 nitrogen and oxygen atoms in total. The molecule has 32 valence electrons. The summed E-state index contributed by atoms with van der Waals surface area (Å²) in [5.74, 6) is 0. The molecular weight excluding hydrogens is 91.0 g/mol. The fraction of sp³-hybridized carbons (Fsp3) is 1.00. The molecule has 0 fully saturated rings. The van der Waals surface area contributed by atoms with Crippen LogP contribution < -0.4 is 0 Å². The smallest absolute Gasteiger partial charge is 0.192 e. The Morgan fingerprint density at radius 2 is 1.60 bits per heavy atom. The van der Waals surface area contributed by atoms with E-state index in [1.807, 2.05) is 0 Å². The number of aliphatic hydroxyl groups excluding tert-OH is 1. The average molecular weight is 96.0 g/mol. The molecule has 0 aromatic carbocycles. The van der Waals surface area contributed by atoms with Crippen molar-refractivity contribution in [2.75, 3.05) is 6.35 Å². The number of aliphatic hydroxyl groups is 1. The second-order valence-corrected chi connectivity index (χ2v) is 1.54. The van der Waals surface area contributed by atoms with Gasteiger partial charge >= 0.3 is 0 Å². The van der Waals surface area contributed by atoms with E-state index in [9.17, 15) is 0 Å². The lowest BCUT2D eigenvalue weighted by atomic mass is 11.7. The third-order valence-electron chi connectivity index (χ3n) is 0.126. The Balaban J connectivity index is 2.54. The Morgan fingerprint density at radius 1 is 1.40 bits per heavy atom. The van der Waals surface area contributed by atoms with E-state index in [4.69, 9.17) is 14.9 Å². The number of rotatable bonds is 1. The Kier molecular flexibility index (Phi) is 2.70. The summed E-state index contributed by atoms with van der Waals surface area (Å²) in [5.41, 5.74) is 0. The highest BCUT2D eigenvalue weighted by Crippen LogP contribution is 2.18. The molecule has 0 heterocycles. The first kappa shape index (κ1) is 5.31. The highest BCUT2D eigenvalue weighted by molar-refractivity contribution is 7.44. The third kappa shape index (κ3) is 4.31. The zero-order chi connectivity index (χ0) is 4.28. The predicted molar refractivity (Wildman–Crippen MR) is 18.4 cm³/mol. The molecule has 0 amide bonds. The zero-order valence-electron chi connectivity index (χ0n) is 2.50. The quantitative estimate of drug-likeness (QED) is 0.376. The summed E-state index contributed by atoms with van der Waals surface area (Å²) >= 11 is 0. The maximum Gasteiger partial charge on any atom is 0.192 e. The molecule has 0 saturated carbocycles. The Bertz CT molecular complexity index is 20.9. The monoisotopic (exact) mass is 96.0 g/mol. The molecule has 0 saturated heterocycles. The fourth-order valence-corrected chi connectivity index (χ4v) is 0. The summed E-state index contributed by atoms with van der Waals surface area (Å²) < 4.78 is 0. The van der Waals surface area contributed by atoms with Crippen LogP contribution in [0.2, 0.25) is 0 Å². The van der Waals surface area contributed by atoms with Crippen molar-refractivity contribution in [2.45, 2.75) is 0 Å². The van der Waals surface area contributed by atoms with Crippen LogP contribution in [0.3, 0.4) is 0 Å². The lowest BCUT2D eigenvalue weighted by Crippen LogP contribution is -1.73. The summed E-state index contributed by atoms with van der Waals surface area (Å²) in [5, 5.41) is 7.67. The van der Waals surface area contributed by atoms with Crippen molar-refractivity contribution in [2.24, 2.45) is 0 Å². The molecule has 0 spiro atoms. The van der Waals surface area contributed by atoms with E-state index in [0.29, 0.717) is 0 Å². The van der Waals surface area contributed by atoms with Gasteiger partial charge in [-0.15, -0.1) is 0 Å². The van der Waals surface area contributed by atoms with Crippen LogP contribution in [0.15, 0.2) is 0 Å². The molecule has 3 N–H and O–H groups in total. The molecule has 0 aliphatic rings. The molecule has 0 rings (SSSR count). The molecule has 5 heavy (non-hydrogen) atoms. The van der Waals surface area contributed by atoms with Crippen molar-refractivity contribution in [3.63, 3.8) is 0 Å². The molecule has 0 aromatic rings. The molecule has 0 bridgehead atoms. The second-order valence-electron chi connectivity index (χ2n) is 0.514. The lowest BCUT2D eigenvalue weighted by molar-refractivity contribution is 0.331. The van der Waals surface area contributed by atoms with Gasteiger partial charge in [-0.3, -0.25) is 0 Å². The Hall–Kier alpha value is 0.310. The summed E-state index contributed by atoms with van der Waals surface area (Å²) in [4.78, 5) is 15.5. The van der Waals surface area contributed by atoms with E-state index in [1.54, 1.807) is 0 Å². The van der Waals surface area contributed by atoms with Gasteiger partial charge in [0.15, 0.2) is 8.38 Å². The van der Waals surface area contributed by atoms with Gasteiger partial charge in [0.05, 0.1) is 0 Å². The third-order valence-corrected chi connectivity index (χ3v) is 0.379. The summed E-state index contributed by atoms with van der Waals surface area (Å²) in [7, 11) is -2.04. The minimum atomic E-state index is -2.04. The minimum absolute atomic E-state index is 0.519. The van der Waals surface area contributed by atoms with Crippen LogP contribution in [0.5, 0.6) is 0 Å². The molecular formula is CH5O3P. The van der Waals surface area contributed by atoms with Crippen LogP contribution in [0.25, 0.3) is 0 Å². The molecule has 0 aromatic heterocycles. The van der Waals surface area contributed by atoms with Gasteiger partial charge in [0.1, 0.15) is 6.35 Å². The summed E-state index contributed by atoms with van der Waals surface area (Å²) in [6.45, 7) is 0. The first-order valence-electron chi connectivity index (χ1n) is 1.03. The van der Waals surface area contributed by atoms with Crippen LogP contribution in [0.1, 0.15) is 0 Å². The zero-order valence-corrected chi connectivity index (χ0v) is 3.39. The van der Waals surface area contributed by atoms with Crippen molar-refractivity contribution in [1.29, 1.82) is 0 Å². The van der Waals surface area contributed by atoms with Crippen molar-refractivity contribution in [3.05, 3.63) is 0 Å². The summed E-state index contributed by atoms with van der Waals surface area (Å²) in [6.07, 6.45) is -0.519. The van der Waals surface area contributed by atoms with Crippen molar-refractivity contribution in [1.82, 2.24) is 0 Å². The van der Waals surface area contributed by atoms with Crippen molar-refractivity contribution in [3.8, 4) is 0 Å². The topological polar surface area (TPSA) is 60.7 Å². The maximum atomic E-state index is 7.73. The van der Waals surface area contributed by atoms with Crippen LogP contribution in [0.4, 0.5) is 0 Å². The van der Waals surface area contributed by atoms with E-state index in [-0.39, 0.29) is 0 Å². The summed E-state index contributed by atoms with van der Waals surface area (Å²) in [6, 6.07) is 0. The fourth-order valence-electron chi connectivity index (χ4n) is 0. The van der Waals surface area contributed by atoms with Gasteiger partial charge in [-0.05, 0) is 0 Å². The molecule has 0 atom stereocenters. The highest BCUT2D eigenvalue weighted by atomic mass is 31.2. The van der Waals surface area contributed by atoms with Crippen LogP contribution >= 0.6 is 8.38 Å². The molecule has 0 aliphatic carbocycles. The minimum Gasteiger partial charge on any atom is -0.387 e. The Morgan fingerprint density at radius 3 is 1.60 bits per heavy atom. The number of hydrogen-bond acceptors (Lipinski definition) is 3. The van der Waals surface area contributed by atoms with E-state index in [2.05, 4.69) is 0 Å². The van der Waals surface area contributed by atoms with Gasteiger partial charge < -0.3 is 14.9 Å². The van der Waals surface area contributed by atoms with E-state index < -0.39 is 14.7 Å². The van der Waals surface area contributed by atoms with E-state index in [0.717, 1.165) is 0 Å². The molecule has 0 radical (unpaired) electrons. The van der Waals surface area contributed by atoms with Crippen LogP contribution in [-0.2, 0) is 0 Å². The average Bonchev–Trinajstić information content (AvgIpc) is 1.38. The van der Waals surface area contributed by atoms with Gasteiger partial charge in [0, 0.05) is 0 Å². The second kappa shape index (κ2) is 2.54. The van der Waals surface area contributed by atoms with Gasteiger partial charge in [-0.1, -0.05) is 0 Å². The first-order chi connectivity index (χ1) is 2.27. The first-order valence-corrected chi connectivity index (χ1v) is 2.46. The normalized spacial score (nSPS) is 9.60. The lowest BCUT2D eigenvalue weighted by Gasteiger charge is -1.88. The maximum absolute atomic E-state index is 7.73. The predicted octanol–water partition coefficient (Wildman–Crippen LogP) is -0.767.